The Morgan fingerprint density at radius 2 is 1.86 bits per heavy atom. The molecule has 1 fully saturated rings. The summed E-state index contributed by atoms with van der Waals surface area (Å²) in [5.41, 5.74) is 5.06. The Bertz CT molecular complexity index is 208. The predicted molar refractivity (Wildman–Crippen MR) is 50.7 cm³/mol. The summed E-state index contributed by atoms with van der Waals surface area (Å²) in [6.07, 6.45) is 4.17. The number of primary amides is 1. The first-order valence-electron chi connectivity index (χ1n) is 4.83. The van der Waals surface area contributed by atoms with Crippen molar-refractivity contribution in [3.8, 4) is 0 Å². The average Bonchev–Trinajstić information content (AvgIpc) is 2.52. The Morgan fingerprint density at radius 3 is 2.29 bits per heavy atom. The minimum Gasteiger partial charge on any atom is -0.480 e. The van der Waals surface area contributed by atoms with Crippen molar-refractivity contribution in [2.45, 2.75) is 31.7 Å². The summed E-state index contributed by atoms with van der Waals surface area (Å²) in [6.45, 7) is -0.0371. The van der Waals surface area contributed by atoms with Gasteiger partial charge in [-0.3, -0.25) is 14.5 Å². The molecule has 3 N–H and O–H groups in total. The van der Waals surface area contributed by atoms with Crippen LogP contribution < -0.4 is 5.73 Å². The van der Waals surface area contributed by atoms with Gasteiger partial charge in [0, 0.05) is 6.04 Å². The van der Waals surface area contributed by atoms with Crippen LogP contribution in [-0.4, -0.2) is 41.0 Å². The molecule has 1 amide bonds. The van der Waals surface area contributed by atoms with E-state index in [-0.39, 0.29) is 19.1 Å². The Balaban J connectivity index is 2.50. The number of amides is 1. The van der Waals surface area contributed by atoms with E-state index in [0.29, 0.717) is 0 Å². The Labute approximate surface area is 82.9 Å². The molecule has 0 unspecified atom stereocenters. The van der Waals surface area contributed by atoms with Crippen molar-refractivity contribution in [2.24, 2.45) is 5.73 Å². The Morgan fingerprint density at radius 1 is 1.29 bits per heavy atom. The SMILES string of the molecule is NC(=O)CN(CC(=O)O)C1CCCC1. The molecule has 0 atom stereocenters. The molecule has 14 heavy (non-hydrogen) atoms. The summed E-state index contributed by atoms with van der Waals surface area (Å²) in [5.74, 6) is -1.36. The quantitative estimate of drug-likeness (QED) is 0.643. The maximum absolute atomic E-state index is 10.7. The first kappa shape index (κ1) is 11.0. The summed E-state index contributed by atoms with van der Waals surface area (Å²) < 4.78 is 0. The second-order valence-corrected chi connectivity index (χ2v) is 3.70. The van der Waals surface area contributed by atoms with E-state index < -0.39 is 11.9 Å². The smallest absolute Gasteiger partial charge is 0.317 e. The number of hydrogen-bond acceptors (Lipinski definition) is 3. The van der Waals surface area contributed by atoms with Crippen LogP contribution in [0.3, 0.4) is 0 Å². The molecule has 1 rings (SSSR count). The Kier molecular flexibility index (Phi) is 3.88. The van der Waals surface area contributed by atoms with E-state index >= 15 is 0 Å². The minimum atomic E-state index is -0.904. The molecule has 80 valence electrons. The summed E-state index contributed by atoms with van der Waals surface area (Å²) in [5, 5.41) is 8.66. The predicted octanol–water partition coefficient (Wildman–Crippen LogP) is -0.199. The lowest BCUT2D eigenvalue weighted by Gasteiger charge is -2.25. The van der Waals surface area contributed by atoms with Crippen LogP contribution in [-0.2, 0) is 9.59 Å². The number of nitrogens with zero attached hydrogens (tertiary/aromatic N) is 1. The zero-order valence-electron chi connectivity index (χ0n) is 8.11. The van der Waals surface area contributed by atoms with Crippen LogP contribution in [0.1, 0.15) is 25.7 Å². The molecule has 5 nitrogen and oxygen atoms in total. The van der Waals surface area contributed by atoms with E-state index in [1.165, 1.54) is 0 Å². The Hall–Kier alpha value is -1.10. The average molecular weight is 200 g/mol. The van der Waals surface area contributed by atoms with Crippen LogP contribution in [0, 0.1) is 0 Å². The fourth-order valence-electron chi connectivity index (χ4n) is 1.96. The van der Waals surface area contributed by atoms with Gasteiger partial charge < -0.3 is 10.8 Å². The molecule has 0 radical (unpaired) electrons. The van der Waals surface area contributed by atoms with Gasteiger partial charge in [-0.25, -0.2) is 0 Å². The topological polar surface area (TPSA) is 83.6 Å². The third-order valence-corrected chi connectivity index (χ3v) is 2.54. The van der Waals surface area contributed by atoms with Gasteiger partial charge >= 0.3 is 5.97 Å². The molecule has 0 aromatic rings. The molecular formula is C9H16N2O3. The van der Waals surface area contributed by atoms with Gasteiger partial charge in [0.1, 0.15) is 0 Å². The van der Waals surface area contributed by atoms with E-state index in [1.807, 2.05) is 0 Å². The number of hydrogen-bond donors (Lipinski definition) is 2. The molecule has 0 aliphatic heterocycles. The lowest BCUT2D eigenvalue weighted by molar-refractivity contribution is -0.139. The first-order valence-corrected chi connectivity index (χ1v) is 4.83. The van der Waals surface area contributed by atoms with Gasteiger partial charge in [0.25, 0.3) is 0 Å². The van der Waals surface area contributed by atoms with E-state index in [4.69, 9.17) is 10.8 Å². The van der Waals surface area contributed by atoms with Crippen molar-refractivity contribution >= 4 is 11.9 Å². The van der Waals surface area contributed by atoms with Crippen LogP contribution in [0.25, 0.3) is 0 Å². The molecule has 1 aliphatic carbocycles. The molecule has 0 saturated heterocycles. The van der Waals surface area contributed by atoms with E-state index in [0.717, 1.165) is 25.7 Å². The van der Waals surface area contributed by atoms with Gasteiger partial charge in [0.2, 0.25) is 5.91 Å². The van der Waals surface area contributed by atoms with Crippen molar-refractivity contribution in [3.05, 3.63) is 0 Å². The highest BCUT2D eigenvalue weighted by Crippen LogP contribution is 2.22. The van der Waals surface area contributed by atoms with Gasteiger partial charge in [-0.1, -0.05) is 12.8 Å². The zero-order valence-corrected chi connectivity index (χ0v) is 8.11. The lowest BCUT2D eigenvalue weighted by atomic mass is 10.2. The molecule has 0 aromatic heterocycles. The molecule has 5 heteroatoms. The molecule has 0 aromatic carbocycles. The van der Waals surface area contributed by atoms with Crippen LogP contribution in [0.15, 0.2) is 0 Å². The monoisotopic (exact) mass is 200 g/mol. The largest absolute Gasteiger partial charge is 0.480 e. The van der Waals surface area contributed by atoms with E-state index in [2.05, 4.69) is 0 Å². The highest BCUT2D eigenvalue weighted by Gasteiger charge is 2.25. The molecule has 1 saturated carbocycles. The summed E-state index contributed by atoms with van der Waals surface area (Å²) in [4.78, 5) is 23.0. The fraction of sp³-hybridized carbons (Fsp3) is 0.778. The van der Waals surface area contributed by atoms with Crippen molar-refractivity contribution < 1.29 is 14.7 Å². The minimum absolute atomic E-state index is 0.0525. The second-order valence-electron chi connectivity index (χ2n) is 3.70. The normalized spacial score (nSPS) is 17.5. The van der Waals surface area contributed by atoms with Gasteiger partial charge in [-0.2, -0.15) is 0 Å². The van der Waals surface area contributed by atoms with Crippen molar-refractivity contribution in [3.63, 3.8) is 0 Å². The summed E-state index contributed by atoms with van der Waals surface area (Å²) in [7, 11) is 0. The summed E-state index contributed by atoms with van der Waals surface area (Å²) >= 11 is 0. The zero-order chi connectivity index (χ0) is 10.6. The van der Waals surface area contributed by atoms with Crippen molar-refractivity contribution in [2.75, 3.05) is 13.1 Å². The van der Waals surface area contributed by atoms with Crippen LogP contribution in [0.5, 0.6) is 0 Å². The van der Waals surface area contributed by atoms with E-state index in [9.17, 15) is 9.59 Å². The molecular weight excluding hydrogens is 184 g/mol. The number of carbonyl (C=O) groups excluding carboxylic acids is 1. The molecule has 0 heterocycles. The molecule has 0 bridgehead atoms. The number of carboxylic acid groups (broad SMARTS) is 1. The highest BCUT2D eigenvalue weighted by atomic mass is 16.4. The maximum Gasteiger partial charge on any atom is 0.317 e. The van der Waals surface area contributed by atoms with Crippen molar-refractivity contribution in [1.29, 1.82) is 0 Å². The number of nitrogens with two attached hydrogens (primary N) is 1. The molecule has 1 aliphatic rings. The summed E-state index contributed by atoms with van der Waals surface area (Å²) in [6, 6.07) is 0.221. The number of carbonyl (C=O) groups is 2. The van der Waals surface area contributed by atoms with Gasteiger partial charge in [0.15, 0.2) is 0 Å². The highest BCUT2D eigenvalue weighted by molar-refractivity contribution is 5.77. The standard InChI is InChI=1S/C9H16N2O3/c10-8(12)5-11(6-9(13)14)7-3-1-2-4-7/h7H,1-6H2,(H2,10,12)(H,13,14). The van der Waals surface area contributed by atoms with Crippen molar-refractivity contribution in [1.82, 2.24) is 4.90 Å². The second kappa shape index (κ2) is 4.95. The number of aliphatic carboxylic acids is 1. The lowest BCUT2D eigenvalue weighted by Crippen LogP contribution is -2.42. The molecule has 0 spiro atoms. The maximum atomic E-state index is 10.7. The first-order chi connectivity index (χ1) is 6.59. The van der Waals surface area contributed by atoms with Gasteiger partial charge in [-0.05, 0) is 12.8 Å². The van der Waals surface area contributed by atoms with Crippen LogP contribution >= 0.6 is 0 Å². The van der Waals surface area contributed by atoms with Gasteiger partial charge in [-0.15, -0.1) is 0 Å². The number of carboxylic acids is 1. The third-order valence-electron chi connectivity index (χ3n) is 2.54. The van der Waals surface area contributed by atoms with Gasteiger partial charge in [0.05, 0.1) is 13.1 Å². The number of rotatable bonds is 5. The fourth-order valence-corrected chi connectivity index (χ4v) is 1.96. The third kappa shape index (κ3) is 3.33. The van der Waals surface area contributed by atoms with Crippen LogP contribution in [0.4, 0.5) is 0 Å². The van der Waals surface area contributed by atoms with Crippen LogP contribution in [0.2, 0.25) is 0 Å². The van der Waals surface area contributed by atoms with E-state index in [1.54, 1.807) is 4.90 Å².